The molecular weight excluding hydrogens is 282 g/mol. The number of rotatable bonds is 6. The fraction of sp³-hybridized carbons (Fsp3) is 0.250. The third-order valence-electron chi connectivity index (χ3n) is 3.81. The molecule has 0 aliphatic heterocycles. The van der Waals surface area contributed by atoms with E-state index in [-0.39, 0.29) is 5.84 Å². The Hall–Kier alpha value is -2.55. The van der Waals surface area contributed by atoms with Crippen molar-refractivity contribution >= 4 is 18.0 Å². The molecule has 3 heteroatoms. The van der Waals surface area contributed by atoms with Gasteiger partial charge in [-0.1, -0.05) is 55.8 Å². The summed E-state index contributed by atoms with van der Waals surface area (Å²) in [5, 5.41) is 9.92. The molecule has 0 amide bonds. The first-order valence-corrected chi connectivity index (χ1v) is 8.07. The number of unbranched alkanes of at least 4 members (excludes halogenated alkanes) is 1. The topological polar surface area (TPSA) is 54.8 Å². The molecule has 2 rings (SSSR count). The van der Waals surface area contributed by atoms with Gasteiger partial charge in [0.1, 0.15) is 5.84 Å². The van der Waals surface area contributed by atoms with Crippen LogP contribution in [0.25, 0.3) is 12.2 Å². The zero-order valence-corrected chi connectivity index (χ0v) is 13.9. The van der Waals surface area contributed by atoms with Crippen LogP contribution in [0, 0.1) is 5.41 Å². The molecule has 0 aliphatic rings. The molecule has 0 radical (unpaired) electrons. The van der Waals surface area contributed by atoms with Crippen LogP contribution in [0.1, 0.15) is 37.8 Å². The maximum Gasteiger partial charge on any atom is 0.122 e. The summed E-state index contributed by atoms with van der Waals surface area (Å²) < 4.78 is 2.24. The maximum absolute atomic E-state index is 7.46. The molecule has 3 N–H and O–H groups in total. The van der Waals surface area contributed by atoms with Crippen LogP contribution < -0.4 is 16.3 Å². The lowest BCUT2D eigenvalue weighted by atomic mass is 10.1. The minimum Gasteiger partial charge on any atom is -0.384 e. The summed E-state index contributed by atoms with van der Waals surface area (Å²) in [4.78, 5) is 0. The summed E-state index contributed by atoms with van der Waals surface area (Å²) in [5.41, 5.74) is 7.46. The van der Waals surface area contributed by atoms with Crippen LogP contribution >= 0.6 is 0 Å². The number of aromatic nitrogens is 1. The van der Waals surface area contributed by atoms with Crippen LogP contribution in [0.5, 0.6) is 0 Å². The number of amidine groups is 1. The van der Waals surface area contributed by atoms with Gasteiger partial charge in [0, 0.05) is 23.7 Å². The zero-order valence-electron chi connectivity index (χ0n) is 13.9. The second-order valence-corrected chi connectivity index (χ2v) is 5.57. The van der Waals surface area contributed by atoms with E-state index in [1.54, 1.807) is 0 Å². The highest BCUT2D eigenvalue weighted by atomic mass is 14.9. The van der Waals surface area contributed by atoms with Gasteiger partial charge in [-0.3, -0.25) is 5.41 Å². The molecule has 0 saturated heterocycles. The Morgan fingerprint density at radius 1 is 1.22 bits per heavy atom. The lowest BCUT2D eigenvalue weighted by molar-refractivity contribution is 0.778. The van der Waals surface area contributed by atoms with Gasteiger partial charge >= 0.3 is 0 Å². The molecule has 0 spiro atoms. The van der Waals surface area contributed by atoms with Gasteiger partial charge in [0.15, 0.2) is 0 Å². The lowest BCUT2D eigenvalue weighted by Crippen LogP contribution is -2.28. The molecule has 0 unspecified atom stereocenters. The standard InChI is InChI=1S/C20H25N3/c1-3-5-6-7-8-19-17(4-2)13-14-23(19)15-16-9-11-18(12-10-16)20(21)22/h4,6-14H,3,5,15H2,1-2H3,(H3,21,22)/b7-6-,17-4-,19-8+. The molecule has 0 bridgehead atoms. The molecule has 2 aromatic rings. The van der Waals surface area contributed by atoms with E-state index < -0.39 is 0 Å². The van der Waals surface area contributed by atoms with Gasteiger partial charge in [0.25, 0.3) is 0 Å². The Labute approximate surface area is 138 Å². The first kappa shape index (κ1) is 16.8. The van der Waals surface area contributed by atoms with Gasteiger partial charge in [0.05, 0.1) is 0 Å². The van der Waals surface area contributed by atoms with Crippen molar-refractivity contribution in [2.24, 2.45) is 5.73 Å². The van der Waals surface area contributed by atoms with E-state index >= 15 is 0 Å². The highest BCUT2D eigenvalue weighted by Crippen LogP contribution is 2.05. The van der Waals surface area contributed by atoms with Crippen molar-refractivity contribution in [2.75, 3.05) is 0 Å². The van der Waals surface area contributed by atoms with Gasteiger partial charge in [-0.15, -0.1) is 0 Å². The van der Waals surface area contributed by atoms with E-state index in [0.29, 0.717) is 0 Å². The molecule has 3 nitrogen and oxygen atoms in total. The monoisotopic (exact) mass is 307 g/mol. The van der Waals surface area contributed by atoms with Crippen molar-refractivity contribution in [3.63, 3.8) is 0 Å². The number of allylic oxidation sites excluding steroid dienone is 2. The highest BCUT2D eigenvalue weighted by Gasteiger charge is 2.00. The van der Waals surface area contributed by atoms with E-state index in [1.807, 2.05) is 24.3 Å². The van der Waals surface area contributed by atoms with E-state index in [4.69, 9.17) is 11.1 Å². The van der Waals surface area contributed by atoms with Crippen molar-refractivity contribution < 1.29 is 0 Å². The summed E-state index contributed by atoms with van der Waals surface area (Å²) in [6.07, 6.45) is 13.0. The van der Waals surface area contributed by atoms with Crippen molar-refractivity contribution in [1.82, 2.24) is 4.57 Å². The molecule has 1 aromatic heterocycles. The molecule has 23 heavy (non-hydrogen) atoms. The average Bonchev–Trinajstić information content (AvgIpc) is 2.94. The molecular formula is C20H25N3. The fourth-order valence-electron chi connectivity index (χ4n) is 2.48. The van der Waals surface area contributed by atoms with E-state index in [1.165, 1.54) is 22.6 Å². The Morgan fingerprint density at radius 3 is 2.57 bits per heavy atom. The summed E-state index contributed by atoms with van der Waals surface area (Å²) in [7, 11) is 0. The summed E-state index contributed by atoms with van der Waals surface area (Å²) in [5.74, 6) is 0.107. The summed E-state index contributed by atoms with van der Waals surface area (Å²) in [6, 6.07) is 10.0. The van der Waals surface area contributed by atoms with E-state index in [0.717, 1.165) is 18.5 Å². The van der Waals surface area contributed by atoms with Gasteiger partial charge in [0.2, 0.25) is 0 Å². The number of nitrogens with zero attached hydrogens (tertiary/aromatic N) is 1. The first-order valence-electron chi connectivity index (χ1n) is 8.07. The number of hydrogen-bond acceptors (Lipinski definition) is 1. The van der Waals surface area contributed by atoms with Crippen molar-refractivity contribution in [2.45, 2.75) is 33.2 Å². The first-order chi connectivity index (χ1) is 11.2. The van der Waals surface area contributed by atoms with Crippen LogP contribution in [-0.2, 0) is 6.54 Å². The number of nitrogens with one attached hydrogen (secondary N) is 1. The van der Waals surface area contributed by atoms with Crippen LogP contribution in [0.15, 0.2) is 48.7 Å². The predicted molar refractivity (Wildman–Crippen MR) is 98.9 cm³/mol. The van der Waals surface area contributed by atoms with Crippen molar-refractivity contribution in [1.29, 1.82) is 5.41 Å². The fourth-order valence-corrected chi connectivity index (χ4v) is 2.48. The van der Waals surface area contributed by atoms with Crippen LogP contribution in [0.3, 0.4) is 0 Å². The van der Waals surface area contributed by atoms with E-state index in [2.05, 4.69) is 55.0 Å². The third kappa shape index (κ3) is 4.46. The van der Waals surface area contributed by atoms with Gasteiger partial charge in [-0.25, -0.2) is 0 Å². The van der Waals surface area contributed by atoms with Gasteiger partial charge in [-0.05, 0) is 36.3 Å². The Balaban J connectivity index is 2.29. The molecule has 0 aliphatic carbocycles. The van der Waals surface area contributed by atoms with Gasteiger partial charge < -0.3 is 10.3 Å². The Kier molecular flexibility index (Phi) is 5.98. The molecule has 1 aromatic carbocycles. The molecule has 120 valence electrons. The molecule has 0 saturated carbocycles. The number of nitrogen functional groups attached to an aromatic ring is 1. The zero-order chi connectivity index (χ0) is 16.7. The minimum atomic E-state index is 0.107. The van der Waals surface area contributed by atoms with Crippen molar-refractivity contribution in [3.05, 3.63) is 70.4 Å². The smallest absolute Gasteiger partial charge is 0.122 e. The van der Waals surface area contributed by atoms with Crippen molar-refractivity contribution in [3.8, 4) is 0 Å². The normalized spacial score (nSPS) is 13.1. The highest BCUT2D eigenvalue weighted by molar-refractivity contribution is 5.94. The lowest BCUT2D eigenvalue weighted by Gasteiger charge is -2.06. The molecule has 1 heterocycles. The Morgan fingerprint density at radius 2 is 1.96 bits per heavy atom. The number of nitrogens with two attached hydrogens (primary N) is 1. The average molecular weight is 307 g/mol. The number of hydrogen-bond donors (Lipinski definition) is 2. The van der Waals surface area contributed by atoms with Crippen LogP contribution in [-0.4, -0.2) is 10.4 Å². The van der Waals surface area contributed by atoms with E-state index in [9.17, 15) is 0 Å². The third-order valence-corrected chi connectivity index (χ3v) is 3.81. The molecule has 0 atom stereocenters. The predicted octanol–water partition coefficient (Wildman–Crippen LogP) is 2.76. The number of benzene rings is 1. The second kappa shape index (κ2) is 8.18. The maximum atomic E-state index is 7.46. The minimum absolute atomic E-state index is 0.107. The molecule has 0 fully saturated rings. The summed E-state index contributed by atoms with van der Waals surface area (Å²) >= 11 is 0. The summed E-state index contributed by atoms with van der Waals surface area (Å²) in [6.45, 7) is 5.05. The van der Waals surface area contributed by atoms with Crippen LogP contribution in [0.4, 0.5) is 0 Å². The van der Waals surface area contributed by atoms with Crippen LogP contribution in [0.2, 0.25) is 0 Å². The van der Waals surface area contributed by atoms with Gasteiger partial charge in [-0.2, -0.15) is 0 Å². The largest absolute Gasteiger partial charge is 0.384 e. The SMILES string of the molecule is C/C=c1/ccn(Cc2ccc(C(=N)N)cc2)/c1=C/C=C\CCC. The Bertz CT molecular complexity index is 792. The quantitative estimate of drug-likeness (QED) is 0.626. The second-order valence-electron chi connectivity index (χ2n) is 5.57.